The molecule has 0 saturated carbocycles. The third-order valence-corrected chi connectivity index (χ3v) is 4.98. The van der Waals surface area contributed by atoms with Crippen LogP contribution in [-0.2, 0) is 4.79 Å². The van der Waals surface area contributed by atoms with Gasteiger partial charge in [0.1, 0.15) is 0 Å². The zero-order valence-electron chi connectivity index (χ0n) is 10.8. The molecule has 0 amide bonds. The summed E-state index contributed by atoms with van der Waals surface area (Å²) < 4.78 is 1.13. The largest absolute Gasteiger partial charge is 0.481 e. The van der Waals surface area contributed by atoms with Crippen LogP contribution < -0.4 is 0 Å². The van der Waals surface area contributed by atoms with E-state index in [2.05, 4.69) is 22.0 Å². The smallest absolute Gasteiger partial charge is 0.309 e. The molecule has 1 aromatic carbocycles. The monoisotopic (exact) mass is 330 g/mol. The van der Waals surface area contributed by atoms with E-state index in [9.17, 15) is 4.79 Å². The van der Waals surface area contributed by atoms with E-state index in [1.54, 1.807) is 13.8 Å². The molecule has 1 N–H and O–H groups in total. The van der Waals surface area contributed by atoms with Crippen LogP contribution in [0.4, 0.5) is 0 Å². The van der Waals surface area contributed by atoms with E-state index in [-0.39, 0.29) is 0 Å². The minimum Gasteiger partial charge on any atom is -0.481 e. The highest BCUT2D eigenvalue weighted by atomic mass is 79.9. The molecule has 100 valence electrons. The number of halogens is 1. The Bertz CT molecular complexity index is 405. The molecule has 0 bridgehead atoms. The summed E-state index contributed by atoms with van der Waals surface area (Å²) in [6.07, 6.45) is 2.73. The molecular weight excluding hydrogens is 312 g/mol. The SMILES string of the molecule is CC(C)(CCCCSc1ccccc1Br)C(=O)O. The lowest BCUT2D eigenvalue weighted by atomic mass is 9.88. The van der Waals surface area contributed by atoms with E-state index in [4.69, 9.17) is 5.11 Å². The molecule has 1 rings (SSSR count). The van der Waals surface area contributed by atoms with Crippen molar-refractivity contribution in [3.63, 3.8) is 0 Å². The summed E-state index contributed by atoms with van der Waals surface area (Å²) in [7, 11) is 0. The molecule has 0 aliphatic carbocycles. The Morgan fingerprint density at radius 3 is 2.61 bits per heavy atom. The Labute approximate surface area is 121 Å². The number of aliphatic carboxylic acids is 1. The van der Waals surface area contributed by atoms with E-state index >= 15 is 0 Å². The lowest BCUT2D eigenvalue weighted by Gasteiger charge is -2.18. The molecule has 4 heteroatoms. The Hall–Kier alpha value is -0.480. The van der Waals surface area contributed by atoms with Gasteiger partial charge in [0.25, 0.3) is 0 Å². The number of carboxylic acid groups (broad SMARTS) is 1. The van der Waals surface area contributed by atoms with Crippen LogP contribution in [0, 0.1) is 5.41 Å². The molecule has 0 saturated heterocycles. The maximum Gasteiger partial charge on any atom is 0.309 e. The summed E-state index contributed by atoms with van der Waals surface area (Å²) in [5, 5.41) is 9.00. The predicted molar refractivity (Wildman–Crippen MR) is 80.1 cm³/mol. The summed E-state index contributed by atoms with van der Waals surface area (Å²) >= 11 is 5.33. The fraction of sp³-hybridized carbons (Fsp3) is 0.500. The molecule has 0 fully saturated rings. The first-order chi connectivity index (χ1) is 8.43. The molecule has 18 heavy (non-hydrogen) atoms. The zero-order valence-corrected chi connectivity index (χ0v) is 13.2. The van der Waals surface area contributed by atoms with Crippen molar-refractivity contribution in [1.82, 2.24) is 0 Å². The van der Waals surface area contributed by atoms with Crippen molar-refractivity contribution < 1.29 is 9.90 Å². The lowest BCUT2D eigenvalue weighted by molar-refractivity contribution is -0.147. The van der Waals surface area contributed by atoms with Gasteiger partial charge in [0, 0.05) is 9.37 Å². The van der Waals surface area contributed by atoms with Gasteiger partial charge in [-0.05, 0) is 60.5 Å². The maximum atomic E-state index is 10.9. The molecule has 0 spiro atoms. The Morgan fingerprint density at radius 2 is 2.00 bits per heavy atom. The van der Waals surface area contributed by atoms with Gasteiger partial charge in [-0.3, -0.25) is 4.79 Å². The van der Waals surface area contributed by atoms with Crippen LogP contribution in [0.15, 0.2) is 33.6 Å². The summed E-state index contributed by atoms with van der Waals surface area (Å²) in [5.74, 6) is 0.319. The highest BCUT2D eigenvalue weighted by Crippen LogP contribution is 2.29. The summed E-state index contributed by atoms with van der Waals surface area (Å²) in [6, 6.07) is 8.16. The van der Waals surface area contributed by atoms with Crippen LogP contribution >= 0.6 is 27.7 Å². The standard InChI is InChI=1S/C14H19BrO2S/c1-14(2,13(16)17)9-5-6-10-18-12-8-4-3-7-11(12)15/h3-4,7-8H,5-6,9-10H2,1-2H3,(H,16,17). The number of hydrogen-bond donors (Lipinski definition) is 1. The molecule has 0 radical (unpaired) electrons. The molecule has 0 unspecified atom stereocenters. The average molecular weight is 331 g/mol. The molecule has 2 nitrogen and oxygen atoms in total. The van der Waals surface area contributed by atoms with Gasteiger partial charge in [-0.15, -0.1) is 11.8 Å². The Balaban J connectivity index is 2.24. The minimum atomic E-state index is -0.707. The van der Waals surface area contributed by atoms with Gasteiger partial charge in [-0.2, -0.15) is 0 Å². The second-order valence-corrected chi connectivity index (χ2v) is 6.92. The summed E-state index contributed by atoms with van der Waals surface area (Å²) in [6.45, 7) is 3.58. The van der Waals surface area contributed by atoms with Crippen molar-refractivity contribution in [3.05, 3.63) is 28.7 Å². The van der Waals surface area contributed by atoms with Crippen molar-refractivity contribution in [2.45, 2.75) is 38.0 Å². The van der Waals surface area contributed by atoms with Crippen LogP contribution in [-0.4, -0.2) is 16.8 Å². The zero-order chi connectivity index (χ0) is 13.6. The lowest BCUT2D eigenvalue weighted by Crippen LogP contribution is -2.23. The first kappa shape index (κ1) is 15.6. The quantitative estimate of drug-likeness (QED) is 0.575. The van der Waals surface area contributed by atoms with E-state index in [0.717, 1.165) is 29.5 Å². The van der Waals surface area contributed by atoms with Gasteiger partial charge < -0.3 is 5.11 Å². The second kappa shape index (κ2) is 7.19. The predicted octanol–water partition coefficient (Wildman–Crippen LogP) is 4.82. The summed E-state index contributed by atoms with van der Waals surface area (Å²) in [5.41, 5.74) is -0.599. The van der Waals surface area contributed by atoms with Crippen molar-refractivity contribution in [1.29, 1.82) is 0 Å². The van der Waals surface area contributed by atoms with Crippen molar-refractivity contribution >= 4 is 33.7 Å². The normalized spacial score (nSPS) is 11.5. The van der Waals surface area contributed by atoms with Crippen LogP contribution in [0.3, 0.4) is 0 Å². The van der Waals surface area contributed by atoms with Gasteiger partial charge >= 0.3 is 5.97 Å². The Kier molecular flexibility index (Phi) is 6.22. The second-order valence-electron chi connectivity index (χ2n) is 4.93. The number of thioether (sulfide) groups is 1. The first-order valence-corrected chi connectivity index (χ1v) is 7.82. The highest BCUT2D eigenvalue weighted by molar-refractivity contribution is 9.10. The average Bonchev–Trinajstić information content (AvgIpc) is 2.30. The topological polar surface area (TPSA) is 37.3 Å². The number of benzene rings is 1. The summed E-state index contributed by atoms with van der Waals surface area (Å²) in [4.78, 5) is 12.2. The van der Waals surface area contributed by atoms with Crippen LogP contribution in [0.2, 0.25) is 0 Å². The number of hydrogen-bond acceptors (Lipinski definition) is 2. The molecule has 0 aliphatic heterocycles. The van der Waals surface area contributed by atoms with Crippen molar-refractivity contribution in [3.8, 4) is 0 Å². The van der Waals surface area contributed by atoms with Crippen molar-refractivity contribution in [2.75, 3.05) is 5.75 Å². The molecular formula is C14H19BrO2S. The van der Waals surface area contributed by atoms with E-state index in [1.807, 2.05) is 30.0 Å². The number of unbranched alkanes of at least 4 members (excludes halogenated alkanes) is 1. The minimum absolute atomic E-state index is 0.599. The van der Waals surface area contributed by atoms with E-state index in [1.165, 1.54) is 4.90 Å². The molecule has 0 heterocycles. The fourth-order valence-electron chi connectivity index (χ4n) is 1.52. The van der Waals surface area contributed by atoms with Gasteiger partial charge in [0.15, 0.2) is 0 Å². The van der Waals surface area contributed by atoms with Crippen molar-refractivity contribution in [2.24, 2.45) is 5.41 Å². The first-order valence-electron chi connectivity index (χ1n) is 6.04. The number of carboxylic acids is 1. The molecule has 0 aliphatic rings. The van der Waals surface area contributed by atoms with E-state index in [0.29, 0.717) is 0 Å². The van der Waals surface area contributed by atoms with Gasteiger partial charge in [-0.25, -0.2) is 0 Å². The van der Waals surface area contributed by atoms with E-state index < -0.39 is 11.4 Å². The maximum absolute atomic E-state index is 10.9. The van der Waals surface area contributed by atoms with Crippen LogP contribution in [0.25, 0.3) is 0 Å². The molecule has 0 aromatic heterocycles. The van der Waals surface area contributed by atoms with Gasteiger partial charge in [-0.1, -0.05) is 18.6 Å². The third-order valence-electron chi connectivity index (χ3n) is 2.87. The number of rotatable bonds is 7. The number of carbonyl (C=O) groups is 1. The highest BCUT2D eigenvalue weighted by Gasteiger charge is 2.25. The molecule has 1 aromatic rings. The molecule has 0 atom stereocenters. The third kappa shape index (κ3) is 5.02. The van der Waals surface area contributed by atoms with Gasteiger partial charge in [0.2, 0.25) is 0 Å². The Morgan fingerprint density at radius 1 is 1.33 bits per heavy atom. The van der Waals surface area contributed by atoms with Gasteiger partial charge in [0.05, 0.1) is 5.41 Å². The van der Waals surface area contributed by atoms with Crippen LogP contribution in [0.5, 0.6) is 0 Å². The fourth-order valence-corrected chi connectivity index (χ4v) is 3.10. The van der Waals surface area contributed by atoms with Crippen LogP contribution in [0.1, 0.15) is 33.1 Å².